The fraction of sp³-hybridized carbons (Fsp3) is 0.750. The molecule has 1 aliphatic rings. The van der Waals surface area contributed by atoms with E-state index >= 15 is 0 Å². The molecule has 2 N–H and O–H groups in total. The van der Waals surface area contributed by atoms with Gasteiger partial charge in [0.05, 0.1) is 6.04 Å². The van der Waals surface area contributed by atoms with Crippen LogP contribution in [0.3, 0.4) is 0 Å². The second-order valence-corrected chi connectivity index (χ2v) is 3.04. The van der Waals surface area contributed by atoms with Crippen LogP contribution in [0.25, 0.3) is 0 Å². The summed E-state index contributed by atoms with van der Waals surface area (Å²) in [6.07, 6.45) is 2.32. The van der Waals surface area contributed by atoms with Crippen LogP contribution in [0.2, 0.25) is 0 Å². The predicted molar refractivity (Wildman–Crippen MR) is 44.6 cm³/mol. The molecule has 1 amide bonds. The zero-order chi connectivity index (χ0) is 8.97. The Morgan fingerprint density at radius 1 is 1.83 bits per heavy atom. The lowest BCUT2D eigenvalue weighted by molar-refractivity contribution is -0.122. The van der Waals surface area contributed by atoms with E-state index < -0.39 is 0 Å². The lowest BCUT2D eigenvalue weighted by Crippen LogP contribution is -2.31. The minimum atomic E-state index is -0.182. The summed E-state index contributed by atoms with van der Waals surface area (Å²) >= 11 is 0. The summed E-state index contributed by atoms with van der Waals surface area (Å²) in [4.78, 5) is 21.5. The molecular formula is C8H14N2O2. The Hall–Kier alpha value is -0.900. The van der Waals surface area contributed by atoms with Gasteiger partial charge in [0.15, 0.2) is 0 Å². The van der Waals surface area contributed by atoms with Gasteiger partial charge in [0, 0.05) is 12.5 Å². The fourth-order valence-corrected chi connectivity index (χ4v) is 1.42. The molecule has 1 heterocycles. The first kappa shape index (κ1) is 9.19. The van der Waals surface area contributed by atoms with E-state index in [4.69, 9.17) is 0 Å². The van der Waals surface area contributed by atoms with Gasteiger partial charge >= 0.3 is 0 Å². The van der Waals surface area contributed by atoms with Crippen molar-refractivity contribution in [2.75, 3.05) is 13.6 Å². The van der Waals surface area contributed by atoms with Crippen LogP contribution in [0, 0.1) is 5.92 Å². The van der Waals surface area contributed by atoms with Crippen molar-refractivity contribution in [2.45, 2.75) is 18.9 Å². The quantitative estimate of drug-likeness (QED) is 0.548. The lowest BCUT2D eigenvalue weighted by atomic mass is 9.99. The highest BCUT2D eigenvalue weighted by Crippen LogP contribution is 2.14. The number of aldehydes is 1. The second kappa shape index (κ2) is 4.21. The Labute approximate surface area is 71.7 Å². The van der Waals surface area contributed by atoms with Crippen LogP contribution >= 0.6 is 0 Å². The summed E-state index contributed by atoms with van der Waals surface area (Å²) in [7, 11) is 1.73. The Kier molecular flexibility index (Phi) is 3.22. The summed E-state index contributed by atoms with van der Waals surface area (Å²) in [5, 5.41) is 5.59. The highest BCUT2D eigenvalue weighted by Gasteiger charge is 2.26. The van der Waals surface area contributed by atoms with Gasteiger partial charge in [-0.1, -0.05) is 0 Å². The average Bonchev–Trinajstić information content (AvgIpc) is 2.47. The number of likely N-dealkylation sites (N-methyl/N-ethyl adjacent to an activating group) is 1. The number of hydrogen-bond acceptors (Lipinski definition) is 3. The second-order valence-electron chi connectivity index (χ2n) is 3.04. The van der Waals surface area contributed by atoms with Gasteiger partial charge in [0.1, 0.15) is 6.29 Å². The third kappa shape index (κ3) is 2.04. The molecule has 0 saturated carbocycles. The first-order valence-electron chi connectivity index (χ1n) is 4.18. The molecule has 1 saturated heterocycles. The highest BCUT2D eigenvalue weighted by molar-refractivity contribution is 5.81. The Morgan fingerprint density at radius 2 is 2.58 bits per heavy atom. The molecule has 1 aliphatic heterocycles. The molecule has 4 nitrogen and oxygen atoms in total. The van der Waals surface area contributed by atoms with Crippen LogP contribution in [0.15, 0.2) is 0 Å². The summed E-state index contributed by atoms with van der Waals surface area (Å²) < 4.78 is 0. The number of hydrogen-bond donors (Lipinski definition) is 2. The molecule has 4 heteroatoms. The van der Waals surface area contributed by atoms with E-state index in [9.17, 15) is 9.59 Å². The van der Waals surface area contributed by atoms with Crippen LogP contribution in [-0.2, 0) is 9.59 Å². The van der Waals surface area contributed by atoms with E-state index in [2.05, 4.69) is 10.6 Å². The molecule has 2 unspecified atom stereocenters. The van der Waals surface area contributed by atoms with Crippen molar-refractivity contribution in [1.82, 2.24) is 10.6 Å². The van der Waals surface area contributed by atoms with E-state index in [-0.39, 0.29) is 17.9 Å². The maximum absolute atomic E-state index is 11.1. The van der Waals surface area contributed by atoms with E-state index in [0.29, 0.717) is 6.42 Å². The molecule has 1 fully saturated rings. The standard InChI is InChI=1S/C8H14N2O2/c1-9-7(5-11)4-6-2-3-10-8(6)12/h5-7,9H,2-4H2,1H3,(H,10,12). The smallest absolute Gasteiger partial charge is 0.223 e. The predicted octanol–water partition coefficient (Wildman–Crippen LogP) is -0.701. The summed E-state index contributed by atoms with van der Waals surface area (Å²) in [6.45, 7) is 0.749. The third-order valence-corrected chi connectivity index (χ3v) is 2.24. The average molecular weight is 170 g/mol. The number of carbonyl (C=O) groups excluding carboxylic acids is 2. The van der Waals surface area contributed by atoms with Crippen LogP contribution in [0.4, 0.5) is 0 Å². The fourth-order valence-electron chi connectivity index (χ4n) is 1.42. The third-order valence-electron chi connectivity index (χ3n) is 2.24. The monoisotopic (exact) mass is 170 g/mol. The lowest BCUT2D eigenvalue weighted by Gasteiger charge is -2.11. The molecule has 0 radical (unpaired) electrons. The van der Waals surface area contributed by atoms with Crippen molar-refractivity contribution >= 4 is 12.2 Å². The van der Waals surface area contributed by atoms with Gasteiger partial charge in [-0.25, -0.2) is 0 Å². The Bertz CT molecular complexity index is 182. The highest BCUT2D eigenvalue weighted by atomic mass is 16.2. The molecule has 0 aromatic rings. The van der Waals surface area contributed by atoms with Gasteiger partial charge in [0.2, 0.25) is 5.91 Å². The van der Waals surface area contributed by atoms with Crippen molar-refractivity contribution in [1.29, 1.82) is 0 Å². The van der Waals surface area contributed by atoms with Gasteiger partial charge in [0.25, 0.3) is 0 Å². The first-order valence-corrected chi connectivity index (χ1v) is 4.18. The molecule has 0 bridgehead atoms. The number of rotatable bonds is 4. The molecule has 0 aliphatic carbocycles. The maximum Gasteiger partial charge on any atom is 0.223 e. The summed E-state index contributed by atoms with van der Waals surface area (Å²) in [5.41, 5.74) is 0. The van der Waals surface area contributed by atoms with Crippen molar-refractivity contribution in [3.63, 3.8) is 0 Å². The summed E-state index contributed by atoms with van der Waals surface area (Å²) in [5.74, 6) is 0.102. The number of amides is 1. The van der Waals surface area contributed by atoms with Crippen molar-refractivity contribution in [3.8, 4) is 0 Å². The summed E-state index contributed by atoms with van der Waals surface area (Å²) in [6, 6.07) is -0.182. The molecular weight excluding hydrogens is 156 g/mol. The topological polar surface area (TPSA) is 58.2 Å². The van der Waals surface area contributed by atoms with Gasteiger partial charge < -0.3 is 15.4 Å². The molecule has 0 aromatic carbocycles. The van der Waals surface area contributed by atoms with Crippen LogP contribution in [0.1, 0.15) is 12.8 Å². The molecule has 0 spiro atoms. The molecule has 2 atom stereocenters. The van der Waals surface area contributed by atoms with Gasteiger partial charge in [-0.15, -0.1) is 0 Å². The number of carbonyl (C=O) groups is 2. The minimum absolute atomic E-state index is 0.0210. The Morgan fingerprint density at radius 3 is 3.00 bits per heavy atom. The first-order chi connectivity index (χ1) is 5.77. The molecule has 68 valence electrons. The largest absolute Gasteiger partial charge is 0.356 e. The maximum atomic E-state index is 11.1. The molecule has 1 rings (SSSR count). The zero-order valence-corrected chi connectivity index (χ0v) is 7.17. The molecule has 0 aromatic heterocycles. The SMILES string of the molecule is CNC(C=O)CC1CCNC1=O. The van der Waals surface area contributed by atoms with E-state index in [1.165, 1.54) is 0 Å². The van der Waals surface area contributed by atoms with Gasteiger partial charge in [-0.3, -0.25) is 4.79 Å². The van der Waals surface area contributed by atoms with Crippen molar-refractivity contribution < 1.29 is 9.59 Å². The van der Waals surface area contributed by atoms with Gasteiger partial charge in [-0.05, 0) is 19.9 Å². The molecule has 12 heavy (non-hydrogen) atoms. The van der Waals surface area contributed by atoms with Crippen LogP contribution in [-0.4, -0.2) is 31.8 Å². The van der Waals surface area contributed by atoms with Crippen LogP contribution in [0.5, 0.6) is 0 Å². The van der Waals surface area contributed by atoms with Crippen molar-refractivity contribution in [3.05, 3.63) is 0 Å². The minimum Gasteiger partial charge on any atom is -0.356 e. The number of nitrogens with one attached hydrogen (secondary N) is 2. The zero-order valence-electron chi connectivity index (χ0n) is 7.17. The Balaban J connectivity index is 2.38. The van der Waals surface area contributed by atoms with Crippen molar-refractivity contribution in [2.24, 2.45) is 5.92 Å². The van der Waals surface area contributed by atoms with E-state index in [1.54, 1.807) is 7.05 Å². The normalized spacial score (nSPS) is 25.1. The van der Waals surface area contributed by atoms with E-state index in [0.717, 1.165) is 19.3 Å². The van der Waals surface area contributed by atoms with E-state index in [1.807, 2.05) is 0 Å². The van der Waals surface area contributed by atoms with Crippen LogP contribution < -0.4 is 10.6 Å². The van der Waals surface area contributed by atoms with Gasteiger partial charge in [-0.2, -0.15) is 0 Å².